The predicted octanol–water partition coefficient (Wildman–Crippen LogP) is 3.37. The summed E-state index contributed by atoms with van der Waals surface area (Å²) < 4.78 is 0. The molecule has 112 valence electrons. The number of pyridine rings is 1. The predicted molar refractivity (Wildman–Crippen MR) is 85.2 cm³/mol. The SMILES string of the molecule is Cc1cc(-c2cccc(C3CCCN(C(C)C)C3)n2)n[nH]1. The van der Waals surface area contributed by atoms with E-state index >= 15 is 0 Å². The molecule has 0 amide bonds. The number of likely N-dealkylation sites (tertiary alicyclic amines) is 1. The zero-order valence-electron chi connectivity index (χ0n) is 13.1. The Hall–Kier alpha value is -1.68. The zero-order chi connectivity index (χ0) is 14.8. The average molecular weight is 284 g/mol. The normalized spacial score (nSPS) is 20.1. The minimum atomic E-state index is 0.543. The first-order chi connectivity index (χ1) is 10.1. The van der Waals surface area contributed by atoms with Crippen molar-refractivity contribution in [2.75, 3.05) is 13.1 Å². The Morgan fingerprint density at radius 2 is 2.14 bits per heavy atom. The molecule has 1 N–H and O–H groups in total. The van der Waals surface area contributed by atoms with Crippen LogP contribution in [-0.2, 0) is 0 Å². The molecule has 4 nitrogen and oxygen atoms in total. The van der Waals surface area contributed by atoms with Crippen molar-refractivity contribution in [2.24, 2.45) is 0 Å². The summed E-state index contributed by atoms with van der Waals surface area (Å²) in [5.74, 6) is 0.543. The van der Waals surface area contributed by atoms with E-state index in [2.05, 4.69) is 41.1 Å². The van der Waals surface area contributed by atoms with Crippen LogP contribution in [-0.4, -0.2) is 39.2 Å². The van der Waals surface area contributed by atoms with Crippen molar-refractivity contribution in [1.29, 1.82) is 0 Å². The molecular weight excluding hydrogens is 260 g/mol. The van der Waals surface area contributed by atoms with Gasteiger partial charge in [0.25, 0.3) is 0 Å². The Bertz CT molecular complexity index is 602. The third kappa shape index (κ3) is 3.16. The van der Waals surface area contributed by atoms with Gasteiger partial charge in [0.15, 0.2) is 0 Å². The average Bonchev–Trinajstić information content (AvgIpc) is 2.94. The number of nitrogens with one attached hydrogen (secondary N) is 1. The molecule has 1 aliphatic heterocycles. The van der Waals surface area contributed by atoms with E-state index in [9.17, 15) is 0 Å². The molecule has 2 aromatic rings. The van der Waals surface area contributed by atoms with E-state index in [1.807, 2.05) is 19.1 Å². The van der Waals surface area contributed by atoms with Crippen molar-refractivity contribution < 1.29 is 0 Å². The molecule has 2 aromatic heterocycles. The van der Waals surface area contributed by atoms with Crippen LogP contribution >= 0.6 is 0 Å². The van der Waals surface area contributed by atoms with Gasteiger partial charge in [-0.3, -0.25) is 10.1 Å². The summed E-state index contributed by atoms with van der Waals surface area (Å²) in [5, 5.41) is 7.31. The molecule has 1 aliphatic rings. The van der Waals surface area contributed by atoms with Gasteiger partial charge in [0, 0.05) is 29.9 Å². The monoisotopic (exact) mass is 284 g/mol. The maximum absolute atomic E-state index is 4.86. The number of aryl methyl sites for hydroxylation is 1. The third-order valence-electron chi connectivity index (χ3n) is 4.34. The second-order valence-electron chi connectivity index (χ2n) is 6.31. The molecule has 0 spiro atoms. The largest absolute Gasteiger partial charge is 0.300 e. The first kappa shape index (κ1) is 14.3. The molecule has 0 aliphatic carbocycles. The van der Waals surface area contributed by atoms with Crippen molar-refractivity contribution in [1.82, 2.24) is 20.1 Å². The number of aromatic amines is 1. The molecule has 1 unspecified atom stereocenters. The molecular formula is C17H24N4. The fourth-order valence-electron chi connectivity index (χ4n) is 3.09. The maximum atomic E-state index is 4.86. The van der Waals surface area contributed by atoms with Gasteiger partial charge in [-0.15, -0.1) is 0 Å². The molecule has 21 heavy (non-hydrogen) atoms. The van der Waals surface area contributed by atoms with Gasteiger partial charge < -0.3 is 4.90 Å². The van der Waals surface area contributed by atoms with Crippen LogP contribution in [0.5, 0.6) is 0 Å². The summed E-state index contributed by atoms with van der Waals surface area (Å²) in [4.78, 5) is 7.42. The van der Waals surface area contributed by atoms with Crippen molar-refractivity contribution in [3.63, 3.8) is 0 Å². The minimum Gasteiger partial charge on any atom is -0.300 e. The molecule has 0 radical (unpaired) electrons. The summed E-state index contributed by atoms with van der Waals surface area (Å²) in [5.41, 5.74) is 4.18. The molecule has 3 rings (SSSR count). The van der Waals surface area contributed by atoms with Gasteiger partial charge in [0.1, 0.15) is 5.69 Å². The molecule has 0 aromatic carbocycles. The summed E-state index contributed by atoms with van der Waals surface area (Å²) in [7, 11) is 0. The highest BCUT2D eigenvalue weighted by Crippen LogP contribution is 2.28. The first-order valence-corrected chi connectivity index (χ1v) is 7.87. The van der Waals surface area contributed by atoms with Gasteiger partial charge in [0.2, 0.25) is 0 Å². The van der Waals surface area contributed by atoms with Crippen LogP contribution in [0.2, 0.25) is 0 Å². The Kier molecular flexibility index (Phi) is 4.06. The van der Waals surface area contributed by atoms with Crippen LogP contribution in [0, 0.1) is 6.92 Å². The lowest BCUT2D eigenvalue weighted by Gasteiger charge is -2.35. The lowest BCUT2D eigenvalue weighted by molar-refractivity contribution is 0.166. The number of nitrogens with zero attached hydrogens (tertiary/aromatic N) is 3. The quantitative estimate of drug-likeness (QED) is 0.940. The third-order valence-corrected chi connectivity index (χ3v) is 4.34. The zero-order valence-corrected chi connectivity index (χ0v) is 13.1. The van der Waals surface area contributed by atoms with Gasteiger partial charge in [0.05, 0.1) is 5.69 Å². The van der Waals surface area contributed by atoms with Crippen molar-refractivity contribution >= 4 is 0 Å². The maximum Gasteiger partial charge on any atom is 0.111 e. The van der Waals surface area contributed by atoms with E-state index < -0.39 is 0 Å². The Morgan fingerprint density at radius 3 is 2.86 bits per heavy atom. The first-order valence-electron chi connectivity index (χ1n) is 7.87. The number of hydrogen-bond donors (Lipinski definition) is 1. The van der Waals surface area contributed by atoms with E-state index in [1.54, 1.807) is 0 Å². The Morgan fingerprint density at radius 1 is 1.29 bits per heavy atom. The summed E-state index contributed by atoms with van der Waals surface area (Å²) in [6, 6.07) is 8.98. The molecule has 0 bridgehead atoms. The number of rotatable bonds is 3. The second-order valence-corrected chi connectivity index (χ2v) is 6.31. The van der Waals surface area contributed by atoms with E-state index in [4.69, 9.17) is 4.98 Å². The molecule has 1 atom stereocenters. The molecule has 0 saturated carbocycles. The highest BCUT2D eigenvalue weighted by molar-refractivity contribution is 5.54. The highest BCUT2D eigenvalue weighted by atomic mass is 15.2. The summed E-state index contributed by atoms with van der Waals surface area (Å²) >= 11 is 0. The van der Waals surface area contributed by atoms with Crippen LogP contribution in [0.15, 0.2) is 24.3 Å². The van der Waals surface area contributed by atoms with Gasteiger partial charge in [-0.05, 0) is 58.4 Å². The Balaban J connectivity index is 1.82. The standard InChI is InChI=1S/C17H24N4/c1-12(2)21-9-5-6-14(11-21)15-7-4-8-16(18-15)17-10-13(3)19-20-17/h4,7-8,10,12,14H,5-6,9,11H2,1-3H3,(H,19,20). The summed E-state index contributed by atoms with van der Waals surface area (Å²) in [6.07, 6.45) is 2.50. The Labute approximate surface area is 126 Å². The van der Waals surface area contributed by atoms with Gasteiger partial charge in [-0.2, -0.15) is 5.10 Å². The van der Waals surface area contributed by atoms with E-state index in [0.29, 0.717) is 12.0 Å². The van der Waals surface area contributed by atoms with Gasteiger partial charge >= 0.3 is 0 Å². The van der Waals surface area contributed by atoms with Crippen LogP contribution in [0.1, 0.15) is 44.0 Å². The second kappa shape index (κ2) is 5.98. The fourth-order valence-corrected chi connectivity index (χ4v) is 3.09. The van der Waals surface area contributed by atoms with Crippen LogP contribution in [0.3, 0.4) is 0 Å². The molecule has 1 saturated heterocycles. The number of H-pyrrole nitrogens is 1. The number of hydrogen-bond acceptors (Lipinski definition) is 3. The van der Waals surface area contributed by atoms with E-state index in [1.165, 1.54) is 25.1 Å². The van der Waals surface area contributed by atoms with Crippen molar-refractivity contribution in [3.05, 3.63) is 35.7 Å². The smallest absolute Gasteiger partial charge is 0.111 e. The van der Waals surface area contributed by atoms with E-state index in [0.717, 1.165) is 23.6 Å². The van der Waals surface area contributed by atoms with Gasteiger partial charge in [-0.25, -0.2) is 0 Å². The number of piperidine rings is 1. The summed E-state index contributed by atoms with van der Waals surface area (Å²) in [6.45, 7) is 8.90. The van der Waals surface area contributed by atoms with Crippen molar-refractivity contribution in [2.45, 2.75) is 45.6 Å². The molecule has 4 heteroatoms. The fraction of sp³-hybridized carbons (Fsp3) is 0.529. The van der Waals surface area contributed by atoms with Crippen molar-refractivity contribution in [3.8, 4) is 11.4 Å². The van der Waals surface area contributed by atoms with Crippen LogP contribution < -0.4 is 0 Å². The lowest BCUT2D eigenvalue weighted by atomic mass is 9.93. The van der Waals surface area contributed by atoms with E-state index in [-0.39, 0.29) is 0 Å². The highest BCUT2D eigenvalue weighted by Gasteiger charge is 2.24. The van der Waals surface area contributed by atoms with Crippen LogP contribution in [0.4, 0.5) is 0 Å². The topological polar surface area (TPSA) is 44.8 Å². The van der Waals surface area contributed by atoms with Gasteiger partial charge in [-0.1, -0.05) is 6.07 Å². The number of aromatic nitrogens is 3. The molecule has 3 heterocycles. The lowest BCUT2D eigenvalue weighted by Crippen LogP contribution is -2.39. The molecule has 1 fully saturated rings. The minimum absolute atomic E-state index is 0.543. The van der Waals surface area contributed by atoms with Crippen LogP contribution in [0.25, 0.3) is 11.4 Å².